The minimum Gasteiger partial charge on any atom is -0.365 e. The van der Waals surface area contributed by atoms with Crippen LogP contribution in [0.1, 0.15) is 19.8 Å². The molecular weight excluding hydrogens is 284 g/mol. The van der Waals surface area contributed by atoms with Crippen molar-refractivity contribution < 1.29 is 4.79 Å². The zero-order valence-electron chi connectivity index (χ0n) is 13.8. The highest BCUT2D eigenvalue weighted by molar-refractivity contribution is 5.85. The van der Waals surface area contributed by atoms with E-state index in [-0.39, 0.29) is 5.91 Å². The average Bonchev–Trinajstić information content (AvgIpc) is 3.40. The van der Waals surface area contributed by atoms with Crippen LogP contribution in [0.5, 0.6) is 0 Å². The fourth-order valence-corrected chi connectivity index (χ4v) is 2.98. The Morgan fingerprint density at radius 1 is 1.13 bits per heavy atom. The van der Waals surface area contributed by atoms with E-state index in [1.807, 2.05) is 42.3 Å². The predicted octanol–water partition coefficient (Wildman–Crippen LogP) is 3.70. The molecular formula is C20H24N2O. The first kappa shape index (κ1) is 15.6. The maximum absolute atomic E-state index is 12.3. The van der Waals surface area contributed by atoms with Gasteiger partial charge in [-0.1, -0.05) is 48.5 Å². The van der Waals surface area contributed by atoms with E-state index < -0.39 is 0 Å². The van der Waals surface area contributed by atoms with Crippen LogP contribution < -0.4 is 10.2 Å². The summed E-state index contributed by atoms with van der Waals surface area (Å²) < 4.78 is 0. The van der Waals surface area contributed by atoms with Crippen LogP contribution in [-0.4, -0.2) is 25.5 Å². The third kappa shape index (κ3) is 3.92. The van der Waals surface area contributed by atoms with Gasteiger partial charge in [0.25, 0.3) is 0 Å². The van der Waals surface area contributed by atoms with Crippen molar-refractivity contribution in [1.82, 2.24) is 5.32 Å². The first-order chi connectivity index (χ1) is 11.1. The maximum atomic E-state index is 12.3. The van der Waals surface area contributed by atoms with Gasteiger partial charge >= 0.3 is 0 Å². The number of anilines is 1. The Bertz CT molecular complexity index is 664. The number of hydrogen-bond donors (Lipinski definition) is 1. The topological polar surface area (TPSA) is 32.3 Å². The summed E-state index contributed by atoms with van der Waals surface area (Å²) in [5.74, 6) is 0.774. The molecule has 0 aromatic heterocycles. The number of para-hydroxylation sites is 1. The summed E-state index contributed by atoms with van der Waals surface area (Å²) >= 11 is 0. The van der Waals surface area contributed by atoms with E-state index in [0.717, 1.165) is 11.3 Å². The van der Waals surface area contributed by atoms with E-state index in [1.54, 1.807) is 0 Å². The van der Waals surface area contributed by atoms with Gasteiger partial charge in [0.2, 0.25) is 5.91 Å². The molecule has 0 heterocycles. The van der Waals surface area contributed by atoms with Crippen molar-refractivity contribution in [2.75, 3.05) is 18.5 Å². The van der Waals surface area contributed by atoms with Crippen LogP contribution in [0.25, 0.3) is 11.1 Å². The fourth-order valence-electron chi connectivity index (χ4n) is 2.98. The molecule has 3 heteroatoms. The summed E-state index contributed by atoms with van der Waals surface area (Å²) in [6.45, 7) is 2.48. The van der Waals surface area contributed by atoms with Crippen molar-refractivity contribution in [2.24, 2.45) is 5.92 Å². The molecule has 1 N–H and O–H groups in total. The van der Waals surface area contributed by atoms with E-state index in [0.29, 0.717) is 18.5 Å². The summed E-state index contributed by atoms with van der Waals surface area (Å²) in [6, 6.07) is 18.8. The lowest BCUT2D eigenvalue weighted by molar-refractivity contribution is -0.120. The quantitative estimate of drug-likeness (QED) is 0.882. The fraction of sp³-hybridized carbons (Fsp3) is 0.350. The van der Waals surface area contributed by atoms with Gasteiger partial charge in [0.05, 0.1) is 6.54 Å². The van der Waals surface area contributed by atoms with Crippen molar-refractivity contribution in [3.63, 3.8) is 0 Å². The standard InChI is InChI=1S/C20H24N2O/c1-15(16-12-13-16)21-20(23)14-22(2)19-11-7-6-10-18(19)17-8-4-3-5-9-17/h3-11,15-16H,12-14H2,1-2H3,(H,21,23). The lowest BCUT2D eigenvalue weighted by Gasteiger charge is -2.23. The first-order valence-electron chi connectivity index (χ1n) is 8.30. The number of nitrogens with zero attached hydrogens (tertiary/aromatic N) is 1. The van der Waals surface area contributed by atoms with Gasteiger partial charge < -0.3 is 10.2 Å². The van der Waals surface area contributed by atoms with Gasteiger partial charge in [-0.3, -0.25) is 4.79 Å². The second-order valence-electron chi connectivity index (χ2n) is 6.43. The van der Waals surface area contributed by atoms with Gasteiger partial charge in [0.15, 0.2) is 0 Å². The second kappa shape index (κ2) is 6.86. The SMILES string of the molecule is CC(NC(=O)CN(C)c1ccccc1-c1ccccc1)C1CC1. The number of carbonyl (C=O) groups is 1. The van der Waals surface area contributed by atoms with Gasteiger partial charge in [0, 0.05) is 24.3 Å². The van der Waals surface area contributed by atoms with E-state index in [1.165, 1.54) is 18.4 Å². The Balaban J connectivity index is 1.72. The largest absolute Gasteiger partial charge is 0.365 e. The molecule has 1 aliphatic rings. The van der Waals surface area contributed by atoms with E-state index in [4.69, 9.17) is 0 Å². The van der Waals surface area contributed by atoms with Gasteiger partial charge in [-0.2, -0.15) is 0 Å². The van der Waals surface area contributed by atoms with Crippen LogP contribution in [0.15, 0.2) is 54.6 Å². The van der Waals surface area contributed by atoms with Gasteiger partial charge in [-0.25, -0.2) is 0 Å². The van der Waals surface area contributed by atoms with Crippen LogP contribution in [-0.2, 0) is 4.79 Å². The smallest absolute Gasteiger partial charge is 0.239 e. The molecule has 1 unspecified atom stereocenters. The minimum atomic E-state index is 0.0924. The lowest BCUT2D eigenvalue weighted by Crippen LogP contribution is -2.40. The normalized spacial score (nSPS) is 15.0. The molecule has 120 valence electrons. The molecule has 0 saturated heterocycles. The molecule has 2 aromatic carbocycles. The number of hydrogen-bond acceptors (Lipinski definition) is 2. The Kier molecular flexibility index (Phi) is 4.65. The Hall–Kier alpha value is -2.29. The van der Waals surface area contributed by atoms with E-state index in [9.17, 15) is 4.79 Å². The predicted molar refractivity (Wildman–Crippen MR) is 95.5 cm³/mol. The van der Waals surface area contributed by atoms with Crippen LogP contribution in [0, 0.1) is 5.92 Å². The number of benzene rings is 2. The summed E-state index contributed by atoms with van der Waals surface area (Å²) in [4.78, 5) is 14.3. The molecule has 0 spiro atoms. The highest BCUT2D eigenvalue weighted by Gasteiger charge is 2.29. The monoisotopic (exact) mass is 308 g/mol. The molecule has 1 fully saturated rings. The van der Waals surface area contributed by atoms with Crippen molar-refractivity contribution in [3.05, 3.63) is 54.6 Å². The molecule has 0 bridgehead atoms. The van der Waals surface area contributed by atoms with Crippen LogP contribution in [0.2, 0.25) is 0 Å². The summed E-state index contributed by atoms with van der Waals surface area (Å²) in [6.07, 6.45) is 2.49. The molecule has 23 heavy (non-hydrogen) atoms. The molecule has 1 atom stereocenters. The van der Waals surface area contributed by atoms with E-state index >= 15 is 0 Å². The van der Waals surface area contributed by atoms with Crippen LogP contribution >= 0.6 is 0 Å². The molecule has 1 aliphatic carbocycles. The third-order valence-corrected chi connectivity index (χ3v) is 4.50. The van der Waals surface area contributed by atoms with Crippen molar-refractivity contribution in [3.8, 4) is 11.1 Å². The number of rotatable bonds is 6. The number of carbonyl (C=O) groups excluding carboxylic acids is 1. The Labute approximate surface area is 138 Å². The third-order valence-electron chi connectivity index (χ3n) is 4.50. The van der Waals surface area contributed by atoms with Gasteiger partial charge in [-0.15, -0.1) is 0 Å². The number of nitrogens with one attached hydrogen (secondary N) is 1. The van der Waals surface area contributed by atoms with Crippen LogP contribution in [0.3, 0.4) is 0 Å². The van der Waals surface area contributed by atoms with Crippen molar-refractivity contribution in [1.29, 1.82) is 0 Å². The molecule has 2 aromatic rings. The molecule has 1 amide bonds. The molecule has 0 aliphatic heterocycles. The molecule has 3 rings (SSSR count). The van der Waals surface area contributed by atoms with Gasteiger partial charge in [-0.05, 0) is 37.3 Å². The first-order valence-corrected chi connectivity index (χ1v) is 8.30. The Morgan fingerprint density at radius 3 is 2.48 bits per heavy atom. The highest BCUT2D eigenvalue weighted by Crippen LogP contribution is 2.32. The number of amides is 1. The maximum Gasteiger partial charge on any atom is 0.239 e. The number of likely N-dealkylation sites (N-methyl/N-ethyl adjacent to an activating group) is 1. The zero-order valence-corrected chi connectivity index (χ0v) is 13.8. The summed E-state index contributed by atoms with van der Waals surface area (Å²) in [5, 5.41) is 3.12. The van der Waals surface area contributed by atoms with Crippen LogP contribution in [0.4, 0.5) is 5.69 Å². The van der Waals surface area contributed by atoms with E-state index in [2.05, 4.69) is 36.5 Å². The molecule has 1 saturated carbocycles. The molecule has 0 radical (unpaired) electrons. The zero-order chi connectivity index (χ0) is 16.2. The second-order valence-corrected chi connectivity index (χ2v) is 6.43. The highest BCUT2D eigenvalue weighted by atomic mass is 16.2. The molecule has 3 nitrogen and oxygen atoms in total. The minimum absolute atomic E-state index is 0.0924. The average molecular weight is 308 g/mol. The van der Waals surface area contributed by atoms with Gasteiger partial charge in [0.1, 0.15) is 0 Å². The summed E-state index contributed by atoms with van der Waals surface area (Å²) in [5.41, 5.74) is 3.40. The van der Waals surface area contributed by atoms with Crippen molar-refractivity contribution in [2.45, 2.75) is 25.8 Å². The van der Waals surface area contributed by atoms with Crippen molar-refractivity contribution >= 4 is 11.6 Å². The summed E-state index contributed by atoms with van der Waals surface area (Å²) in [7, 11) is 1.98. The lowest BCUT2D eigenvalue weighted by atomic mass is 10.0. The Morgan fingerprint density at radius 2 is 1.78 bits per heavy atom.